The normalized spacial score (nSPS) is 13.8. The van der Waals surface area contributed by atoms with Gasteiger partial charge < -0.3 is 9.80 Å². The Morgan fingerprint density at radius 2 is 0.351 bits per heavy atom. The van der Waals surface area contributed by atoms with E-state index in [-0.39, 0.29) is 21.7 Å². The van der Waals surface area contributed by atoms with Crippen molar-refractivity contribution < 1.29 is 0 Å². The largest absolute Gasteiger partial charge is 0.310 e. The molecule has 2 heteroatoms. The molecule has 0 atom stereocenters. The minimum atomic E-state index is -0.233. The molecule has 0 spiro atoms. The maximum Gasteiger partial charge on any atom is 0.0465 e. The van der Waals surface area contributed by atoms with Crippen LogP contribution >= 0.6 is 0 Å². The van der Waals surface area contributed by atoms with E-state index >= 15 is 0 Å². The Morgan fingerprint density at radius 3 is 0.701 bits per heavy atom. The zero-order chi connectivity index (χ0) is 90.3. The summed E-state index contributed by atoms with van der Waals surface area (Å²) in [5.74, 6) is 0. The highest BCUT2D eigenvalue weighted by atomic mass is 15.1. The fraction of sp³-hybridized carbons (Fsp3) is 0.0909. The molecule has 21 aromatic rings. The van der Waals surface area contributed by atoms with Gasteiger partial charge in [0.15, 0.2) is 0 Å². The summed E-state index contributed by atoms with van der Waals surface area (Å²) in [5.41, 5.74) is 47.2. The molecule has 0 amide bonds. The summed E-state index contributed by atoms with van der Waals surface area (Å²) in [4.78, 5) is 4.95. The molecule has 25 rings (SSSR count). The topological polar surface area (TPSA) is 6.48 Å². The summed E-state index contributed by atoms with van der Waals surface area (Å²) in [7, 11) is 0. The maximum atomic E-state index is 2.48. The molecule has 0 aromatic heterocycles. The van der Waals surface area contributed by atoms with Crippen molar-refractivity contribution in [2.45, 2.75) is 77.0 Å². The highest BCUT2D eigenvalue weighted by Crippen LogP contribution is 2.59. The molecule has 0 aliphatic heterocycles. The van der Waals surface area contributed by atoms with Gasteiger partial charge in [-0.05, 0) is 313 Å². The van der Waals surface area contributed by atoms with Gasteiger partial charge in [-0.25, -0.2) is 0 Å². The maximum absolute atomic E-state index is 2.48. The minimum Gasteiger partial charge on any atom is -0.310 e. The van der Waals surface area contributed by atoms with Crippen molar-refractivity contribution in [1.29, 1.82) is 0 Å². The van der Waals surface area contributed by atoms with Gasteiger partial charge in [0, 0.05) is 55.8 Å². The predicted molar refractivity (Wildman–Crippen MR) is 569 cm³/mol. The SMILES string of the molecule is CC1(C)c2cc(-c3ccccc3)ccc2-c2ccc(N(c3ccc(-c4ccc(-c5ccccc5)cc4)cc3)c3ccc4c(c3)C(C)(C)c3cc(-c5cc6ccccc6c6ccccc56)ccc3-4)cc21.CC1(C)c2cc(-c3ccccc3)ccc2-c2ccc(N(c3ccc(-c4ccc(-c5ccccc5)cc4)cc3)c3ccc4c(c3)C(C)(C)c3cc(-c5cccc6ccccc56)ccc3-4)cc21. The fourth-order valence-corrected chi connectivity index (χ4v) is 22.7. The van der Waals surface area contributed by atoms with E-state index in [4.69, 9.17) is 0 Å². The van der Waals surface area contributed by atoms with Crippen LogP contribution in [0.3, 0.4) is 0 Å². The Hall–Kier alpha value is -16.0. The second-order valence-electron chi connectivity index (χ2n) is 39.1. The number of benzene rings is 21. The molecule has 0 saturated heterocycles. The van der Waals surface area contributed by atoms with Gasteiger partial charge in [-0.15, -0.1) is 0 Å². The van der Waals surface area contributed by atoms with Gasteiger partial charge >= 0.3 is 0 Å². The summed E-state index contributed by atoms with van der Waals surface area (Å²) in [6.45, 7) is 19.2. The summed E-state index contributed by atoms with van der Waals surface area (Å²) >= 11 is 0. The van der Waals surface area contributed by atoms with Crippen LogP contribution in [0.1, 0.15) is 99.9 Å². The zero-order valence-electron chi connectivity index (χ0n) is 76.8. The number of rotatable bonds is 14. The number of hydrogen-bond donors (Lipinski definition) is 0. The van der Waals surface area contributed by atoms with E-state index < -0.39 is 0 Å². The fourth-order valence-electron chi connectivity index (χ4n) is 22.7. The molecule has 4 aliphatic carbocycles. The molecular formula is C132H100N2. The molecule has 0 fully saturated rings. The first-order chi connectivity index (χ1) is 65.4. The van der Waals surface area contributed by atoms with Crippen molar-refractivity contribution in [3.8, 4) is 134 Å². The molecular weight excluding hydrogens is 1610 g/mol. The second kappa shape index (κ2) is 31.9. The average Bonchev–Trinajstić information content (AvgIpc) is 1.56. The standard InChI is InChI=1S/C68H51N.C64H49N/c1-67(2)63-40-49(45-17-9-6-10-18-45)29-35-58(63)60-37-33-53(42-65(60)67)69(52-31-27-48(28-32-52)47-25-23-46(24-26-47)44-15-7-5-8-16-44)54-34-38-61-59-36-30-51(41-64(59)68(3,4)66(61)43-54)62-39-50-19-11-12-20-55(50)56-21-13-14-22-57(56)62;1-63(2)59-38-48(43-16-9-6-10-17-43)28-34-55(59)57-36-32-51(40-61(57)63)65(50-30-26-46(27-31-50)45-24-22-44(23-25-45)42-14-7-5-8-15-42)52-33-37-58-56-35-29-49(39-60(56)64(3,4)62(58)41-52)54-21-13-19-47-18-11-12-20-53(47)54/h5-43H,1-4H3;5-41H,1-4H3. The number of hydrogen-bond acceptors (Lipinski definition) is 2. The third-order valence-corrected chi connectivity index (χ3v) is 30.0. The van der Waals surface area contributed by atoms with Gasteiger partial charge in [-0.3, -0.25) is 0 Å². The Bertz CT molecular complexity index is 8220. The summed E-state index contributed by atoms with van der Waals surface area (Å²) in [6.07, 6.45) is 0. The van der Waals surface area contributed by atoms with E-state index in [1.54, 1.807) is 0 Å². The molecule has 2 nitrogen and oxygen atoms in total. The van der Waals surface area contributed by atoms with E-state index in [9.17, 15) is 0 Å². The lowest BCUT2D eigenvalue weighted by Crippen LogP contribution is -2.18. The average molecular weight is 1710 g/mol. The van der Waals surface area contributed by atoms with Crippen molar-refractivity contribution >= 4 is 66.4 Å². The molecule has 638 valence electrons. The highest BCUT2D eigenvalue weighted by molar-refractivity contribution is 6.14. The Balaban J connectivity index is 0.000000147. The van der Waals surface area contributed by atoms with Crippen molar-refractivity contribution in [3.63, 3.8) is 0 Å². The molecule has 21 aromatic carbocycles. The second-order valence-corrected chi connectivity index (χ2v) is 39.1. The predicted octanol–water partition coefficient (Wildman–Crippen LogP) is 36.3. The molecule has 0 bridgehead atoms. The van der Waals surface area contributed by atoms with Crippen molar-refractivity contribution in [1.82, 2.24) is 0 Å². The van der Waals surface area contributed by atoms with Gasteiger partial charge in [0.25, 0.3) is 0 Å². The monoisotopic (exact) mass is 1710 g/mol. The molecule has 0 heterocycles. The van der Waals surface area contributed by atoms with Gasteiger partial charge in [0.05, 0.1) is 0 Å². The smallest absolute Gasteiger partial charge is 0.0465 e. The van der Waals surface area contributed by atoms with E-state index in [1.165, 1.54) is 210 Å². The molecule has 0 unspecified atom stereocenters. The summed E-state index contributed by atoms with van der Waals surface area (Å²) < 4.78 is 0. The third kappa shape index (κ3) is 13.7. The van der Waals surface area contributed by atoms with Gasteiger partial charge in [-0.1, -0.05) is 413 Å². The van der Waals surface area contributed by atoms with Crippen LogP contribution in [-0.2, 0) is 21.7 Å². The van der Waals surface area contributed by atoms with E-state index in [0.717, 1.165) is 34.1 Å². The first kappa shape index (κ1) is 81.2. The van der Waals surface area contributed by atoms with Crippen LogP contribution in [0.2, 0.25) is 0 Å². The van der Waals surface area contributed by atoms with E-state index in [0.29, 0.717) is 0 Å². The lowest BCUT2D eigenvalue weighted by atomic mass is 9.81. The van der Waals surface area contributed by atoms with Crippen LogP contribution < -0.4 is 9.80 Å². The molecule has 4 aliphatic rings. The molecule has 0 radical (unpaired) electrons. The zero-order valence-corrected chi connectivity index (χ0v) is 76.8. The molecule has 0 N–H and O–H groups in total. The Kier molecular flexibility index (Phi) is 19.4. The van der Waals surface area contributed by atoms with Gasteiger partial charge in [0.2, 0.25) is 0 Å². The van der Waals surface area contributed by atoms with Crippen LogP contribution in [0.5, 0.6) is 0 Å². The lowest BCUT2D eigenvalue weighted by Gasteiger charge is -2.30. The van der Waals surface area contributed by atoms with E-state index in [1.807, 2.05) is 0 Å². The highest BCUT2D eigenvalue weighted by Gasteiger charge is 2.42. The van der Waals surface area contributed by atoms with Crippen LogP contribution in [0.15, 0.2) is 461 Å². The van der Waals surface area contributed by atoms with Crippen LogP contribution in [0.25, 0.3) is 166 Å². The van der Waals surface area contributed by atoms with Crippen LogP contribution in [-0.4, -0.2) is 0 Å². The number of anilines is 6. The Labute approximate surface area is 786 Å². The number of fused-ring (bicyclic) bond motifs is 16. The van der Waals surface area contributed by atoms with E-state index in [2.05, 4.69) is 526 Å². The van der Waals surface area contributed by atoms with Crippen molar-refractivity contribution in [2.75, 3.05) is 9.80 Å². The Morgan fingerprint density at radius 1 is 0.127 bits per heavy atom. The van der Waals surface area contributed by atoms with Gasteiger partial charge in [-0.2, -0.15) is 0 Å². The van der Waals surface area contributed by atoms with Crippen LogP contribution in [0.4, 0.5) is 34.1 Å². The minimum absolute atomic E-state index is 0.184. The quantitative estimate of drug-likeness (QED) is 0.100. The number of nitrogens with zero attached hydrogens (tertiary/aromatic N) is 2. The first-order valence-corrected chi connectivity index (χ1v) is 47.2. The third-order valence-electron chi connectivity index (χ3n) is 30.0. The summed E-state index contributed by atoms with van der Waals surface area (Å²) in [6, 6.07) is 171. The van der Waals surface area contributed by atoms with Crippen molar-refractivity contribution in [2.24, 2.45) is 0 Å². The molecule has 0 saturated carbocycles. The first-order valence-electron chi connectivity index (χ1n) is 47.2. The van der Waals surface area contributed by atoms with Gasteiger partial charge in [0.1, 0.15) is 0 Å². The lowest BCUT2D eigenvalue weighted by molar-refractivity contribution is 0.660. The van der Waals surface area contributed by atoms with Crippen molar-refractivity contribution in [3.05, 3.63) is 506 Å². The summed E-state index contributed by atoms with van der Waals surface area (Å²) in [5, 5.41) is 7.70. The molecule has 134 heavy (non-hydrogen) atoms. The van der Waals surface area contributed by atoms with Crippen LogP contribution in [0, 0.1) is 0 Å².